The van der Waals surface area contributed by atoms with Crippen LogP contribution < -0.4 is 0 Å². The Morgan fingerprint density at radius 3 is 0.923 bits per heavy atom. The van der Waals surface area contributed by atoms with Crippen LogP contribution in [0.3, 0.4) is 0 Å². The zero-order chi connectivity index (χ0) is 36.0. The first-order valence-corrected chi connectivity index (χ1v) is 17.0. The lowest BCUT2D eigenvalue weighted by Gasteiger charge is -2.50. The summed E-state index contributed by atoms with van der Waals surface area (Å²) in [4.78, 5) is 26.5. The molecule has 52 heavy (non-hydrogen) atoms. The van der Waals surface area contributed by atoms with Crippen LogP contribution in [0.5, 0.6) is 0 Å². The minimum absolute atomic E-state index is 0.0730. The van der Waals surface area contributed by atoms with Crippen LogP contribution in [0.4, 0.5) is 0 Å². The first-order chi connectivity index (χ1) is 25.4. The highest BCUT2D eigenvalue weighted by Gasteiger charge is 2.57. The topological polar surface area (TPSA) is 93.1 Å². The highest BCUT2D eigenvalue weighted by Crippen LogP contribution is 2.53. The Morgan fingerprint density at radius 1 is 0.423 bits per heavy atom. The average Bonchev–Trinajstić information content (AvgIpc) is 3.21. The third-order valence-electron chi connectivity index (χ3n) is 9.51. The minimum Gasteiger partial charge on any atom is -0.478 e. The highest BCUT2D eigenvalue weighted by atomic mass is 16.7. The Balaban J connectivity index is 1.62. The smallest absolute Gasteiger partial charge is 0.337 e. The molecule has 0 amide bonds. The van der Waals surface area contributed by atoms with Crippen molar-refractivity contribution in [3.8, 4) is 0 Å². The average molecular weight is 685 g/mol. The molecule has 0 saturated carbocycles. The second-order valence-corrected chi connectivity index (χ2v) is 12.6. The van der Waals surface area contributed by atoms with Crippen molar-refractivity contribution >= 4 is 11.9 Å². The number of carbonyl (C=O) groups is 2. The SMILES string of the molecule is O=C(O)C1=CC=C(C(=O)O)C(OC(c2ccccc2)(c2ccccc2)c2ccccc2)(OC(c2ccccc2)(c2ccccc2)c2ccccc2)C1. The van der Waals surface area contributed by atoms with Gasteiger partial charge < -0.3 is 19.7 Å². The van der Waals surface area contributed by atoms with Crippen LogP contribution in [0.1, 0.15) is 39.8 Å². The monoisotopic (exact) mass is 684 g/mol. The predicted molar refractivity (Wildman–Crippen MR) is 199 cm³/mol. The molecule has 0 fully saturated rings. The molecule has 0 heterocycles. The van der Waals surface area contributed by atoms with Gasteiger partial charge in [-0.3, -0.25) is 0 Å². The molecule has 0 radical (unpaired) electrons. The molecule has 0 aromatic heterocycles. The molecule has 0 bridgehead atoms. The number of carboxylic acid groups (broad SMARTS) is 2. The van der Waals surface area contributed by atoms with Crippen LogP contribution in [0, 0.1) is 0 Å². The molecule has 0 atom stereocenters. The van der Waals surface area contributed by atoms with Crippen molar-refractivity contribution in [3.05, 3.63) is 239 Å². The number of rotatable bonds is 12. The number of aliphatic carboxylic acids is 2. The molecule has 1 aliphatic carbocycles. The predicted octanol–water partition coefficient (Wildman–Crippen LogP) is 9.13. The van der Waals surface area contributed by atoms with Gasteiger partial charge >= 0.3 is 11.9 Å². The number of ether oxygens (including phenoxy) is 2. The van der Waals surface area contributed by atoms with Gasteiger partial charge in [0.1, 0.15) is 11.2 Å². The van der Waals surface area contributed by atoms with Crippen molar-refractivity contribution in [2.75, 3.05) is 0 Å². The molecule has 7 rings (SSSR count). The van der Waals surface area contributed by atoms with Gasteiger partial charge in [-0.25, -0.2) is 9.59 Å². The van der Waals surface area contributed by atoms with E-state index in [0.717, 1.165) is 0 Å². The lowest BCUT2D eigenvalue weighted by atomic mass is 9.77. The first kappa shape index (κ1) is 34.1. The van der Waals surface area contributed by atoms with Gasteiger partial charge in [-0.1, -0.05) is 188 Å². The second kappa shape index (κ2) is 14.5. The van der Waals surface area contributed by atoms with Crippen molar-refractivity contribution in [1.82, 2.24) is 0 Å². The summed E-state index contributed by atoms with van der Waals surface area (Å²) >= 11 is 0. The quantitative estimate of drug-likeness (QED) is 0.0987. The molecule has 6 aromatic carbocycles. The standard InChI is InChI=1S/C46H36O6/c47-42(48)34-31-32-41(43(49)50)44(33-34,51-45(35-19-7-1-8-20-35,36-21-9-2-10-22-36)37-23-11-3-12-24-37)52-46(38-25-13-4-14-26-38,39-27-15-5-16-28-39)40-29-17-6-18-30-40/h1-32H,33H2,(H,47,48)(H,49,50). The van der Waals surface area contributed by atoms with Crippen molar-refractivity contribution in [2.45, 2.75) is 23.4 Å². The summed E-state index contributed by atoms with van der Waals surface area (Å²) in [6.45, 7) is 0. The molecule has 6 aromatic rings. The van der Waals surface area contributed by atoms with Crippen molar-refractivity contribution in [3.63, 3.8) is 0 Å². The highest BCUT2D eigenvalue weighted by molar-refractivity contribution is 5.93. The Morgan fingerprint density at radius 2 is 0.692 bits per heavy atom. The lowest BCUT2D eigenvalue weighted by molar-refractivity contribution is -0.285. The molecule has 0 saturated heterocycles. The summed E-state index contributed by atoms with van der Waals surface area (Å²) < 4.78 is 15.2. The number of benzene rings is 6. The Labute approximate surface area is 302 Å². The van der Waals surface area contributed by atoms with Crippen LogP contribution in [0.15, 0.2) is 205 Å². The van der Waals surface area contributed by atoms with E-state index in [1.807, 2.05) is 182 Å². The maximum absolute atomic E-state index is 13.6. The molecule has 2 N–H and O–H groups in total. The molecular weight excluding hydrogens is 649 g/mol. The summed E-state index contributed by atoms with van der Waals surface area (Å²) in [6, 6.07) is 57.2. The zero-order valence-electron chi connectivity index (χ0n) is 28.2. The van der Waals surface area contributed by atoms with Gasteiger partial charge in [-0.05, 0) is 39.5 Å². The fraction of sp³-hybridized carbons (Fsp3) is 0.0870. The summed E-state index contributed by atoms with van der Waals surface area (Å²) in [6.07, 6.45) is 2.19. The number of allylic oxidation sites excluding steroid dienone is 2. The minimum atomic E-state index is -2.22. The fourth-order valence-electron chi connectivity index (χ4n) is 7.19. The molecule has 256 valence electrons. The van der Waals surface area contributed by atoms with E-state index in [1.165, 1.54) is 12.2 Å². The lowest BCUT2D eigenvalue weighted by Crippen LogP contribution is -2.54. The maximum atomic E-state index is 13.6. The normalized spacial score (nSPS) is 14.2. The Hall–Kier alpha value is -6.34. The fourth-order valence-corrected chi connectivity index (χ4v) is 7.19. The van der Waals surface area contributed by atoms with E-state index in [9.17, 15) is 19.8 Å². The van der Waals surface area contributed by atoms with Crippen LogP contribution >= 0.6 is 0 Å². The van der Waals surface area contributed by atoms with Gasteiger partial charge in [0.2, 0.25) is 5.79 Å². The van der Waals surface area contributed by atoms with Crippen LogP contribution in [0.2, 0.25) is 0 Å². The summed E-state index contributed by atoms with van der Waals surface area (Å²) in [5.74, 6) is -4.75. The van der Waals surface area contributed by atoms with Gasteiger partial charge in [0.25, 0.3) is 0 Å². The van der Waals surface area contributed by atoms with E-state index in [0.29, 0.717) is 33.4 Å². The maximum Gasteiger partial charge on any atom is 0.337 e. The van der Waals surface area contributed by atoms with Crippen molar-refractivity contribution in [2.24, 2.45) is 0 Å². The number of carboxylic acids is 2. The molecular formula is C46H36O6. The van der Waals surface area contributed by atoms with Gasteiger partial charge in [0.15, 0.2) is 0 Å². The molecule has 0 unspecified atom stereocenters. The zero-order valence-corrected chi connectivity index (χ0v) is 28.2. The van der Waals surface area contributed by atoms with Crippen molar-refractivity contribution < 1.29 is 29.3 Å². The first-order valence-electron chi connectivity index (χ1n) is 17.0. The Kier molecular flexibility index (Phi) is 9.51. The summed E-state index contributed by atoms with van der Waals surface area (Å²) in [5, 5.41) is 21.6. The summed E-state index contributed by atoms with van der Waals surface area (Å²) in [5.41, 5.74) is 0.810. The van der Waals surface area contributed by atoms with Gasteiger partial charge in [-0.15, -0.1) is 0 Å². The third-order valence-corrected chi connectivity index (χ3v) is 9.51. The largest absolute Gasteiger partial charge is 0.478 e. The van der Waals surface area contributed by atoms with Crippen molar-refractivity contribution in [1.29, 1.82) is 0 Å². The molecule has 0 spiro atoms. The van der Waals surface area contributed by atoms with E-state index in [2.05, 4.69) is 0 Å². The van der Waals surface area contributed by atoms with Gasteiger partial charge in [0.05, 0.1) is 5.57 Å². The van der Waals surface area contributed by atoms with E-state index in [1.54, 1.807) is 0 Å². The van der Waals surface area contributed by atoms with Gasteiger partial charge in [-0.2, -0.15) is 0 Å². The second-order valence-electron chi connectivity index (χ2n) is 12.6. The van der Waals surface area contributed by atoms with E-state index in [-0.39, 0.29) is 11.1 Å². The number of hydrogen-bond acceptors (Lipinski definition) is 4. The van der Waals surface area contributed by atoms with E-state index < -0.39 is 35.3 Å². The van der Waals surface area contributed by atoms with E-state index >= 15 is 0 Å². The third kappa shape index (κ3) is 6.15. The number of hydrogen-bond donors (Lipinski definition) is 2. The molecule has 0 aliphatic heterocycles. The van der Waals surface area contributed by atoms with Crippen LogP contribution in [-0.4, -0.2) is 27.9 Å². The Bertz CT molecular complexity index is 1880. The van der Waals surface area contributed by atoms with Crippen LogP contribution in [0.25, 0.3) is 0 Å². The van der Waals surface area contributed by atoms with Gasteiger partial charge in [0, 0.05) is 12.0 Å². The molecule has 1 aliphatic rings. The summed E-state index contributed by atoms with van der Waals surface area (Å²) in [7, 11) is 0. The van der Waals surface area contributed by atoms with Crippen LogP contribution in [-0.2, 0) is 30.3 Å². The molecule has 6 nitrogen and oxygen atoms in total. The van der Waals surface area contributed by atoms with E-state index in [4.69, 9.17) is 9.47 Å². The molecule has 6 heteroatoms.